The molecule has 7 atom stereocenters. The van der Waals surface area contributed by atoms with Crippen LogP contribution in [0, 0.1) is 11.3 Å². The van der Waals surface area contributed by atoms with Crippen molar-refractivity contribution in [2.45, 2.75) is 166 Å². The standard InChI is InChI=1S/C54H83N15O10/c1-4-79-35-21-19-34(20-22-35)29-39-48(75)67-40(28-33-14-7-5-8-15-33)50(77)69-44(32(2)3)51(78)68-41(30-42(55)70)49(76)66-37(16-11-25-54(31-43(71)63-39)23-9-6-10-24-54)47(74)65-38(18-13-27-62-53(59)60)46(73)64-36(45(56)72)17-12-26-61-52(57)58/h5,7-8,14-15,19-22,32,36-41,44H,4,6,9-13,16-18,23-31H2,1-3H3,(H2,55,70)(H2,56,72)(H,63,71)(H,64,73)(H,65,74)(H,66,76)(H,67,75)(H,68,78)(H,69,77)(H4,57,58,61)(H4,59,60,62)/t36-,37?,38+,39-,40+,41+,44+/m1/s1. The number of primary amides is 2. The second-order valence-electron chi connectivity index (χ2n) is 20.7. The predicted molar refractivity (Wildman–Crippen MR) is 297 cm³/mol. The molecule has 0 bridgehead atoms. The zero-order valence-corrected chi connectivity index (χ0v) is 45.7. The first kappa shape index (κ1) is 63.5. The van der Waals surface area contributed by atoms with Gasteiger partial charge in [-0.05, 0) is 92.9 Å². The van der Waals surface area contributed by atoms with Crippen molar-refractivity contribution in [1.82, 2.24) is 37.2 Å². The molecular formula is C54H83N15O10. The average Bonchev–Trinajstić information content (AvgIpc) is 3.39. The Labute approximate surface area is 461 Å². The molecule has 2 aromatic rings. The number of carbonyl (C=O) groups excluding carboxylic acids is 9. The number of nitrogens with one attached hydrogen (secondary N) is 7. The molecule has 0 aromatic heterocycles. The lowest BCUT2D eigenvalue weighted by Gasteiger charge is -2.38. The maximum absolute atomic E-state index is 14.7. The lowest BCUT2D eigenvalue weighted by molar-refractivity contribution is -0.137. The van der Waals surface area contributed by atoms with E-state index in [4.69, 9.17) is 39.1 Å². The van der Waals surface area contributed by atoms with Crippen molar-refractivity contribution in [1.29, 1.82) is 0 Å². The smallest absolute Gasteiger partial charge is 0.243 e. The van der Waals surface area contributed by atoms with Gasteiger partial charge in [0.05, 0.1) is 13.0 Å². The Morgan fingerprint density at radius 1 is 0.646 bits per heavy atom. The van der Waals surface area contributed by atoms with Crippen LogP contribution in [0.25, 0.3) is 0 Å². The summed E-state index contributed by atoms with van der Waals surface area (Å²) in [4.78, 5) is 134. The van der Waals surface area contributed by atoms with E-state index < -0.39 is 113 Å². The molecule has 2 aliphatic rings. The van der Waals surface area contributed by atoms with Gasteiger partial charge in [-0.25, -0.2) is 0 Å². The third kappa shape index (κ3) is 22.1. The molecule has 1 spiro atoms. The van der Waals surface area contributed by atoms with Crippen LogP contribution in [0.4, 0.5) is 0 Å². The highest BCUT2D eigenvalue weighted by atomic mass is 16.5. The molecule has 434 valence electrons. The van der Waals surface area contributed by atoms with Crippen molar-refractivity contribution in [3.8, 4) is 5.75 Å². The molecule has 25 heteroatoms. The number of benzene rings is 2. The van der Waals surface area contributed by atoms with E-state index in [0.29, 0.717) is 42.7 Å². The lowest BCUT2D eigenvalue weighted by atomic mass is 9.68. The van der Waals surface area contributed by atoms with Crippen LogP contribution >= 0.6 is 0 Å². The fourth-order valence-electron chi connectivity index (χ4n) is 9.86. The molecular weight excluding hydrogens is 1020 g/mol. The van der Waals surface area contributed by atoms with Crippen molar-refractivity contribution in [3.05, 3.63) is 65.7 Å². The maximum atomic E-state index is 14.7. The highest BCUT2D eigenvalue weighted by Gasteiger charge is 2.39. The molecule has 9 amide bonds. The predicted octanol–water partition coefficient (Wildman–Crippen LogP) is -1.09. The van der Waals surface area contributed by atoms with Gasteiger partial charge in [-0.1, -0.05) is 82.0 Å². The van der Waals surface area contributed by atoms with E-state index in [1.54, 1.807) is 68.4 Å². The number of hydrogen-bond donors (Lipinski definition) is 13. The van der Waals surface area contributed by atoms with Crippen LogP contribution in [0.2, 0.25) is 0 Å². The van der Waals surface area contributed by atoms with Gasteiger partial charge in [0.25, 0.3) is 0 Å². The first-order valence-corrected chi connectivity index (χ1v) is 27.1. The third-order valence-corrected chi connectivity index (χ3v) is 14.0. The minimum atomic E-state index is -1.67. The second-order valence-corrected chi connectivity index (χ2v) is 20.7. The average molecular weight is 1100 g/mol. The van der Waals surface area contributed by atoms with E-state index in [-0.39, 0.29) is 82.8 Å². The molecule has 1 unspecified atom stereocenters. The summed E-state index contributed by atoms with van der Waals surface area (Å²) in [6.45, 7) is 5.77. The van der Waals surface area contributed by atoms with E-state index >= 15 is 0 Å². The van der Waals surface area contributed by atoms with E-state index in [2.05, 4.69) is 47.2 Å². The molecule has 4 rings (SSSR count). The van der Waals surface area contributed by atoms with Crippen LogP contribution in [0.1, 0.15) is 122 Å². The van der Waals surface area contributed by atoms with Crippen molar-refractivity contribution < 1.29 is 47.9 Å². The summed E-state index contributed by atoms with van der Waals surface area (Å²) in [7, 11) is 0. The van der Waals surface area contributed by atoms with E-state index in [1.165, 1.54) is 0 Å². The molecule has 79 heavy (non-hydrogen) atoms. The van der Waals surface area contributed by atoms with Gasteiger partial charge >= 0.3 is 0 Å². The molecule has 1 saturated carbocycles. The number of aliphatic imine (C=N–C) groups is 2. The van der Waals surface area contributed by atoms with Gasteiger partial charge < -0.3 is 76.4 Å². The SMILES string of the molecule is CCOc1ccc(C[C@H]2NC(=O)CC3(CCCCC3)CCCC(C(=O)N[C@@H](CCCN=C(N)N)C(=O)N[C@H](CCCN=C(N)N)C(N)=O)NC(=O)[C@H](CC(N)=O)NC(=O)[C@H](C(C)C)NC(=O)[C@H](Cc3ccccc3)NC2=O)cc1. The van der Waals surface area contributed by atoms with Gasteiger partial charge in [0.15, 0.2) is 11.9 Å². The molecule has 0 radical (unpaired) electrons. The van der Waals surface area contributed by atoms with Crippen LogP contribution in [0.5, 0.6) is 5.75 Å². The van der Waals surface area contributed by atoms with Gasteiger partial charge in [0.2, 0.25) is 53.2 Å². The number of guanidine groups is 2. The Morgan fingerprint density at radius 3 is 1.76 bits per heavy atom. The minimum Gasteiger partial charge on any atom is -0.494 e. The number of carbonyl (C=O) groups is 9. The van der Waals surface area contributed by atoms with Crippen LogP contribution in [-0.4, -0.2) is 127 Å². The highest BCUT2D eigenvalue weighted by Crippen LogP contribution is 2.43. The third-order valence-electron chi connectivity index (χ3n) is 14.0. The highest BCUT2D eigenvalue weighted by molar-refractivity contribution is 5.99. The van der Waals surface area contributed by atoms with Gasteiger partial charge in [-0.15, -0.1) is 0 Å². The maximum Gasteiger partial charge on any atom is 0.243 e. The summed E-state index contributed by atoms with van der Waals surface area (Å²) in [5, 5.41) is 19.2. The summed E-state index contributed by atoms with van der Waals surface area (Å²) in [6.07, 6.45) is 4.06. The topological polar surface area (TPSA) is 428 Å². The van der Waals surface area contributed by atoms with Crippen molar-refractivity contribution >= 4 is 65.1 Å². The van der Waals surface area contributed by atoms with Crippen LogP contribution in [0.15, 0.2) is 64.6 Å². The van der Waals surface area contributed by atoms with E-state index in [0.717, 1.165) is 19.3 Å². The normalized spacial score (nSPS) is 21.3. The van der Waals surface area contributed by atoms with E-state index in [1.807, 2.05) is 6.92 Å². The Balaban J connectivity index is 1.79. The number of ether oxygens (including phenoxy) is 1. The number of hydrogen-bond acceptors (Lipinski definition) is 12. The van der Waals surface area contributed by atoms with Gasteiger partial charge in [-0.3, -0.25) is 53.1 Å². The molecule has 25 nitrogen and oxygen atoms in total. The quantitative estimate of drug-likeness (QED) is 0.0379. The van der Waals surface area contributed by atoms with Crippen molar-refractivity contribution in [2.75, 3.05) is 19.7 Å². The molecule has 1 saturated heterocycles. The first-order chi connectivity index (χ1) is 37.6. The Hall–Kier alpha value is -7.99. The van der Waals surface area contributed by atoms with Crippen LogP contribution in [0.3, 0.4) is 0 Å². The fourth-order valence-corrected chi connectivity index (χ4v) is 9.86. The van der Waals surface area contributed by atoms with Gasteiger partial charge in [0.1, 0.15) is 48.0 Å². The number of nitrogens with two attached hydrogens (primary N) is 6. The van der Waals surface area contributed by atoms with Crippen molar-refractivity contribution in [2.24, 2.45) is 55.7 Å². The Bertz CT molecular complexity index is 2440. The zero-order chi connectivity index (χ0) is 58.1. The summed E-state index contributed by atoms with van der Waals surface area (Å²) in [6, 6.07) is 6.55. The van der Waals surface area contributed by atoms with Crippen molar-refractivity contribution in [3.63, 3.8) is 0 Å². The number of rotatable bonds is 22. The minimum absolute atomic E-state index is 0.00498. The molecule has 1 heterocycles. The molecule has 1 aliphatic carbocycles. The second kappa shape index (κ2) is 32.0. The largest absolute Gasteiger partial charge is 0.494 e. The van der Waals surface area contributed by atoms with E-state index in [9.17, 15) is 43.2 Å². The van der Waals surface area contributed by atoms with Gasteiger partial charge in [-0.2, -0.15) is 0 Å². The lowest BCUT2D eigenvalue weighted by Crippen LogP contribution is -2.61. The number of amides is 9. The Morgan fingerprint density at radius 2 is 1.19 bits per heavy atom. The molecule has 19 N–H and O–H groups in total. The Kier molecular flexibility index (Phi) is 25.8. The summed E-state index contributed by atoms with van der Waals surface area (Å²) in [5.41, 5.74) is 34.0. The molecule has 2 aromatic carbocycles. The fraction of sp³-hybridized carbons (Fsp3) is 0.574. The molecule has 1 aliphatic heterocycles. The van der Waals surface area contributed by atoms with Crippen LogP contribution in [-0.2, 0) is 56.0 Å². The number of nitrogens with zero attached hydrogens (tertiary/aromatic N) is 2. The summed E-state index contributed by atoms with van der Waals surface area (Å²) < 4.78 is 5.64. The first-order valence-electron chi connectivity index (χ1n) is 27.1. The summed E-state index contributed by atoms with van der Waals surface area (Å²) in [5.74, 6) is -7.58. The molecule has 2 fully saturated rings. The summed E-state index contributed by atoms with van der Waals surface area (Å²) >= 11 is 0. The zero-order valence-electron chi connectivity index (χ0n) is 45.7. The van der Waals surface area contributed by atoms with Gasteiger partial charge in [0, 0.05) is 32.4 Å². The van der Waals surface area contributed by atoms with Crippen LogP contribution < -0.4 is 76.4 Å². The monoisotopic (exact) mass is 1100 g/mol.